The zero-order chi connectivity index (χ0) is 13.8. The molecule has 2 aromatic rings. The van der Waals surface area contributed by atoms with Crippen LogP contribution in [0.5, 0.6) is 0 Å². The van der Waals surface area contributed by atoms with Crippen molar-refractivity contribution >= 4 is 37.6 Å². The molecule has 0 N–H and O–H groups in total. The van der Waals surface area contributed by atoms with Crippen molar-refractivity contribution in [3.63, 3.8) is 0 Å². The van der Waals surface area contributed by atoms with Crippen molar-refractivity contribution in [1.29, 1.82) is 0 Å². The molecule has 0 bridgehead atoms. The maximum atomic E-state index is 12.4. The topological polar surface area (TPSA) is 17.1 Å². The lowest BCUT2D eigenvalue weighted by molar-refractivity contribution is 0.0991. The van der Waals surface area contributed by atoms with Crippen molar-refractivity contribution in [2.45, 2.75) is 16.6 Å². The number of carbonyl (C=O) groups excluding carboxylic acids is 1. The second-order valence-electron chi connectivity index (χ2n) is 4.45. The molecule has 0 aliphatic heterocycles. The number of carbonyl (C=O) groups is 1. The second-order valence-corrected chi connectivity index (χ2v) is 6.42. The molecule has 0 spiro atoms. The molecule has 1 nitrogen and oxygen atoms in total. The molecule has 0 fully saturated rings. The van der Waals surface area contributed by atoms with Gasteiger partial charge in [-0.1, -0.05) is 86.0 Å². The third kappa shape index (κ3) is 3.54. The Morgan fingerprint density at radius 1 is 1.00 bits per heavy atom. The molecule has 0 aliphatic rings. The van der Waals surface area contributed by atoms with Gasteiger partial charge in [0.15, 0.2) is 5.78 Å². The summed E-state index contributed by atoms with van der Waals surface area (Å²) in [5.41, 5.74) is 2.92. The third-order valence-corrected chi connectivity index (χ3v) is 5.64. The Labute approximate surface area is 130 Å². The monoisotopic (exact) mass is 380 g/mol. The van der Waals surface area contributed by atoms with Gasteiger partial charge in [-0.05, 0) is 18.6 Å². The number of hydrogen-bond acceptors (Lipinski definition) is 1. The number of hydrogen-bond donors (Lipinski definition) is 0. The van der Waals surface area contributed by atoms with Crippen LogP contribution in [0.2, 0.25) is 0 Å². The van der Waals surface area contributed by atoms with Crippen LogP contribution < -0.4 is 0 Å². The highest BCUT2D eigenvalue weighted by Crippen LogP contribution is 2.33. The van der Waals surface area contributed by atoms with E-state index in [2.05, 4.69) is 31.9 Å². The van der Waals surface area contributed by atoms with Crippen LogP contribution in [0.25, 0.3) is 0 Å². The van der Waals surface area contributed by atoms with E-state index in [0.717, 1.165) is 16.7 Å². The van der Waals surface area contributed by atoms with Crippen molar-refractivity contribution in [3.05, 3.63) is 71.3 Å². The lowest BCUT2D eigenvalue weighted by atomic mass is 10.0. The molecular weight excluding hydrogens is 368 g/mol. The molecule has 2 aromatic carbocycles. The summed E-state index contributed by atoms with van der Waals surface area (Å²) >= 11 is 7.11. The molecule has 2 atom stereocenters. The summed E-state index contributed by atoms with van der Waals surface area (Å²) in [5.74, 6) is 0.0921. The van der Waals surface area contributed by atoms with Gasteiger partial charge in [0, 0.05) is 5.56 Å². The fraction of sp³-hybridized carbons (Fsp3) is 0.188. The molecule has 0 aliphatic carbocycles. The largest absolute Gasteiger partial charge is 0.293 e. The Balaban J connectivity index is 2.20. The first-order valence-electron chi connectivity index (χ1n) is 6.03. The van der Waals surface area contributed by atoms with Gasteiger partial charge in [0.1, 0.15) is 0 Å². The van der Waals surface area contributed by atoms with Crippen molar-refractivity contribution in [3.8, 4) is 0 Å². The number of alkyl halides is 2. The lowest BCUT2D eigenvalue weighted by Crippen LogP contribution is -2.19. The molecule has 0 radical (unpaired) electrons. The van der Waals surface area contributed by atoms with Crippen LogP contribution >= 0.6 is 31.9 Å². The van der Waals surface area contributed by atoms with Crippen molar-refractivity contribution in [2.75, 3.05) is 0 Å². The molecule has 0 saturated heterocycles. The highest BCUT2D eigenvalue weighted by Gasteiger charge is 2.25. The number of aryl methyl sites for hydroxylation is 1. The van der Waals surface area contributed by atoms with E-state index < -0.39 is 0 Å². The van der Waals surface area contributed by atoms with E-state index in [4.69, 9.17) is 0 Å². The van der Waals surface area contributed by atoms with E-state index in [9.17, 15) is 4.79 Å². The molecule has 98 valence electrons. The third-order valence-electron chi connectivity index (χ3n) is 2.93. The number of Topliss-reactive ketones (excluding diaryl/α,β-unsaturated/α-hetero) is 1. The molecule has 0 aromatic heterocycles. The Kier molecular flexibility index (Phi) is 4.94. The zero-order valence-corrected chi connectivity index (χ0v) is 13.7. The Bertz CT molecular complexity index is 566. The van der Waals surface area contributed by atoms with Gasteiger partial charge in [-0.2, -0.15) is 0 Å². The van der Waals surface area contributed by atoms with Crippen LogP contribution in [0.4, 0.5) is 0 Å². The molecule has 2 unspecified atom stereocenters. The summed E-state index contributed by atoms with van der Waals surface area (Å²) in [6, 6.07) is 17.6. The normalized spacial score (nSPS) is 13.8. The molecule has 0 heterocycles. The van der Waals surface area contributed by atoms with Gasteiger partial charge in [-0.15, -0.1) is 0 Å². The van der Waals surface area contributed by atoms with E-state index in [1.807, 2.05) is 61.5 Å². The minimum absolute atomic E-state index is 0.0401. The van der Waals surface area contributed by atoms with E-state index in [1.165, 1.54) is 0 Å². The van der Waals surface area contributed by atoms with Gasteiger partial charge < -0.3 is 0 Å². The first-order chi connectivity index (χ1) is 9.09. The summed E-state index contributed by atoms with van der Waals surface area (Å²) in [4.78, 5) is 12.1. The fourth-order valence-corrected chi connectivity index (χ4v) is 3.01. The quantitative estimate of drug-likeness (QED) is 0.533. The molecule has 0 amide bonds. The summed E-state index contributed by atoms with van der Waals surface area (Å²) in [6.45, 7) is 1.99. The van der Waals surface area contributed by atoms with Crippen LogP contribution in [0, 0.1) is 6.92 Å². The first kappa shape index (κ1) is 14.5. The average Bonchev–Trinajstić information content (AvgIpc) is 2.46. The minimum Gasteiger partial charge on any atom is -0.293 e. The van der Waals surface area contributed by atoms with Crippen molar-refractivity contribution < 1.29 is 4.79 Å². The SMILES string of the molecule is Cc1cccc(C(=O)C(Br)C(Br)c2ccccc2)c1. The van der Waals surface area contributed by atoms with E-state index >= 15 is 0 Å². The van der Waals surface area contributed by atoms with Crippen LogP contribution in [-0.2, 0) is 0 Å². The van der Waals surface area contributed by atoms with Crippen molar-refractivity contribution in [2.24, 2.45) is 0 Å². The highest BCUT2D eigenvalue weighted by atomic mass is 79.9. The van der Waals surface area contributed by atoms with Crippen molar-refractivity contribution in [1.82, 2.24) is 0 Å². The Morgan fingerprint density at radius 2 is 1.68 bits per heavy atom. The number of ketones is 1. The van der Waals surface area contributed by atoms with Gasteiger partial charge in [-0.25, -0.2) is 0 Å². The maximum Gasteiger partial charge on any atom is 0.177 e. The van der Waals surface area contributed by atoms with Crippen LogP contribution in [0.1, 0.15) is 26.3 Å². The molecule has 0 saturated carbocycles. The van der Waals surface area contributed by atoms with Gasteiger partial charge >= 0.3 is 0 Å². The molecular formula is C16H14Br2O. The summed E-state index contributed by atoms with van der Waals surface area (Å²) in [7, 11) is 0. The van der Waals surface area contributed by atoms with Gasteiger partial charge in [-0.3, -0.25) is 4.79 Å². The van der Waals surface area contributed by atoms with Crippen LogP contribution in [-0.4, -0.2) is 10.6 Å². The lowest BCUT2D eigenvalue weighted by Gasteiger charge is -2.16. The van der Waals surface area contributed by atoms with E-state index in [1.54, 1.807) is 0 Å². The molecule has 19 heavy (non-hydrogen) atoms. The summed E-state index contributed by atoms with van der Waals surface area (Å²) in [5, 5.41) is 0. The predicted molar refractivity (Wildman–Crippen MR) is 86.3 cm³/mol. The van der Waals surface area contributed by atoms with Crippen LogP contribution in [0.15, 0.2) is 54.6 Å². The van der Waals surface area contributed by atoms with E-state index in [0.29, 0.717) is 0 Å². The number of rotatable bonds is 4. The minimum atomic E-state index is -0.281. The average molecular weight is 382 g/mol. The number of halogens is 2. The Hall–Kier alpha value is -0.930. The van der Waals surface area contributed by atoms with Gasteiger partial charge in [0.25, 0.3) is 0 Å². The zero-order valence-electron chi connectivity index (χ0n) is 10.5. The summed E-state index contributed by atoms with van der Waals surface area (Å²) in [6.07, 6.45) is 0. The molecule has 2 rings (SSSR count). The predicted octanol–water partition coefficient (Wildman–Crippen LogP) is 5.08. The van der Waals surface area contributed by atoms with Gasteiger partial charge in [0.2, 0.25) is 0 Å². The standard InChI is InChI=1S/C16H14Br2O/c1-11-6-5-9-13(10-11)16(19)15(18)14(17)12-7-3-2-4-8-12/h2-10,14-15H,1H3. The van der Waals surface area contributed by atoms with E-state index in [-0.39, 0.29) is 15.4 Å². The first-order valence-corrected chi connectivity index (χ1v) is 7.86. The van der Waals surface area contributed by atoms with Gasteiger partial charge in [0.05, 0.1) is 9.65 Å². The summed E-state index contributed by atoms with van der Waals surface area (Å²) < 4.78 is 0. The number of benzene rings is 2. The smallest absolute Gasteiger partial charge is 0.177 e. The second kappa shape index (κ2) is 6.49. The molecule has 3 heteroatoms. The van der Waals surface area contributed by atoms with Crippen LogP contribution in [0.3, 0.4) is 0 Å². The fourth-order valence-electron chi connectivity index (χ4n) is 1.90. The Morgan fingerprint density at radius 3 is 2.32 bits per heavy atom. The highest BCUT2D eigenvalue weighted by molar-refractivity contribution is 9.12. The maximum absolute atomic E-state index is 12.4.